The van der Waals surface area contributed by atoms with Gasteiger partial charge < -0.3 is 16.3 Å². The second-order valence-corrected chi connectivity index (χ2v) is 5.20. The largest absolute Gasteiger partial charge is 0.409 e. The molecule has 1 atom stereocenters. The van der Waals surface area contributed by atoms with E-state index in [1.165, 1.54) is 6.42 Å². The number of oxime groups is 1. The van der Waals surface area contributed by atoms with Gasteiger partial charge in [-0.25, -0.2) is 0 Å². The van der Waals surface area contributed by atoms with Crippen molar-refractivity contribution in [3.8, 4) is 0 Å². The lowest BCUT2D eigenvalue weighted by atomic mass is 10.0. The van der Waals surface area contributed by atoms with E-state index in [9.17, 15) is 4.79 Å². The SMILES string of the molecule is CCCC(C(=O)NCCCCCSC)C(N)=NO. The van der Waals surface area contributed by atoms with Gasteiger partial charge in [0.2, 0.25) is 5.91 Å². The minimum atomic E-state index is -0.508. The van der Waals surface area contributed by atoms with Crippen LogP contribution in [0.5, 0.6) is 0 Å². The average Bonchev–Trinajstić information content (AvgIpc) is 2.38. The summed E-state index contributed by atoms with van der Waals surface area (Å²) < 4.78 is 0. The highest BCUT2D eigenvalue weighted by molar-refractivity contribution is 7.98. The van der Waals surface area contributed by atoms with Crippen molar-refractivity contribution < 1.29 is 10.0 Å². The predicted octanol–water partition coefficient (Wildman–Crippen LogP) is 1.80. The molecule has 0 aromatic rings. The molecule has 0 radical (unpaired) electrons. The van der Waals surface area contributed by atoms with Crippen molar-refractivity contribution in [3.63, 3.8) is 0 Å². The summed E-state index contributed by atoms with van der Waals surface area (Å²) in [4.78, 5) is 11.8. The van der Waals surface area contributed by atoms with Gasteiger partial charge in [-0.05, 0) is 31.3 Å². The number of carbonyl (C=O) groups is 1. The van der Waals surface area contributed by atoms with Crippen LogP contribution in [0, 0.1) is 5.92 Å². The Morgan fingerprint density at radius 2 is 2.17 bits per heavy atom. The number of rotatable bonds is 10. The Kier molecular flexibility index (Phi) is 10.6. The maximum atomic E-state index is 11.8. The van der Waals surface area contributed by atoms with E-state index in [1.54, 1.807) is 0 Å². The third-order valence-corrected chi connectivity index (χ3v) is 3.39. The van der Waals surface area contributed by atoms with Crippen molar-refractivity contribution in [2.75, 3.05) is 18.6 Å². The maximum absolute atomic E-state index is 11.8. The molecule has 0 bridgehead atoms. The molecular formula is C12H25N3O2S. The summed E-state index contributed by atoms with van der Waals surface area (Å²) in [5.74, 6) is 0.510. The van der Waals surface area contributed by atoms with Gasteiger partial charge in [-0.1, -0.05) is 24.9 Å². The van der Waals surface area contributed by atoms with Crippen LogP contribution < -0.4 is 11.1 Å². The van der Waals surface area contributed by atoms with Crippen LogP contribution in [0.3, 0.4) is 0 Å². The van der Waals surface area contributed by atoms with Gasteiger partial charge in [0.15, 0.2) is 5.84 Å². The third kappa shape index (κ3) is 7.42. The zero-order chi connectivity index (χ0) is 13.8. The van der Waals surface area contributed by atoms with E-state index in [2.05, 4.69) is 16.7 Å². The average molecular weight is 275 g/mol. The van der Waals surface area contributed by atoms with Crippen molar-refractivity contribution in [1.82, 2.24) is 5.32 Å². The normalized spacial score (nSPS) is 13.3. The highest BCUT2D eigenvalue weighted by atomic mass is 32.2. The number of thioether (sulfide) groups is 1. The van der Waals surface area contributed by atoms with E-state index in [4.69, 9.17) is 10.9 Å². The minimum Gasteiger partial charge on any atom is -0.409 e. The van der Waals surface area contributed by atoms with Gasteiger partial charge in [0, 0.05) is 6.54 Å². The second kappa shape index (κ2) is 11.2. The molecule has 106 valence electrons. The van der Waals surface area contributed by atoms with Crippen molar-refractivity contribution in [3.05, 3.63) is 0 Å². The van der Waals surface area contributed by atoms with Gasteiger partial charge >= 0.3 is 0 Å². The fraction of sp³-hybridized carbons (Fsp3) is 0.833. The standard InChI is InChI=1S/C12H25N3O2S/c1-3-7-10(11(13)15-17)12(16)14-8-5-4-6-9-18-2/h10,17H,3-9H2,1-2H3,(H2,13,15)(H,14,16). The van der Waals surface area contributed by atoms with Crippen molar-refractivity contribution >= 4 is 23.5 Å². The molecule has 4 N–H and O–H groups in total. The van der Waals surface area contributed by atoms with Gasteiger partial charge in [0.05, 0.1) is 5.92 Å². The Bertz CT molecular complexity index is 260. The number of amidine groups is 1. The Balaban J connectivity index is 3.89. The quantitative estimate of drug-likeness (QED) is 0.186. The molecule has 0 aliphatic carbocycles. The van der Waals surface area contributed by atoms with Crippen LogP contribution >= 0.6 is 11.8 Å². The Labute approximate surface area is 114 Å². The number of nitrogens with two attached hydrogens (primary N) is 1. The van der Waals surface area contributed by atoms with E-state index < -0.39 is 5.92 Å². The minimum absolute atomic E-state index is 0.00303. The van der Waals surface area contributed by atoms with E-state index in [-0.39, 0.29) is 11.7 Å². The molecule has 18 heavy (non-hydrogen) atoms. The lowest BCUT2D eigenvalue weighted by Crippen LogP contribution is -2.39. The predicted molar refractivity (Wildman–Crippen MR) is 77.0 cm³/mol. The van der Waals surface area contributed by atoms with E-state index in [1.807, 2.05) is 18.7 Å². The molecule has 0 fully saturated rings. The summed E-state index contributed by atoms with van der Waals surface area (Å²) in [6, 6.07) is 0. The van der Waals surface area contributed by atoms with Gasteiger partial charge in [-0.15, -0.1) is 0 Å². The fourth-order valence-electron chi connectivity index (χ4n) is 1.65. The lowest BCUT2D eigenvalue weighted by Gasteiger charge is -2.14. The molecule has 0 heterocycles. The smallest absolute Gasteiger partial charge is 0.230 e. The first-order valence-corrected chi connectivity index (χ1v) is 7.80. The molecule has 0 aliphatic heterocycles. The summed E-state index contributed by atoms with van der Waals surface area (Å²) in [6.07, 6.45) is 6.78. The van der Waals surface area contributed by atoms with Crippen molar-refractivity contribution in [2.45, 2.75) is 39.0 Å². The fourth-order valence-corrected chi connectivity index (χ4v) is 2.15. The van der Waals surface area contributed by atoms with Crippen molar-refractivity contribution in [2.24, 2.45) is 16.8 Å². The van der Waals surface area contributed by atoms with Gasteiger partial charge in [-0.3, -0.25) is 4.79 Å². The molecule has 0 saturated carbocycles. The van der Waals surface area contributed by atoms with Crippen LogP contribution in [0.15, 0.2) is 5.16 Å². The number of amides is 1. The molecule has 1 unspecified atom stereocenters. The van der Waals surface area contributed by atoms with Gasteiger partial charge in [0.1, 0.15) is 0 Å². The monoisotopic (exact) mass is 275 g/mol. The number of hydrogen-bond donors (Lipinski definition) is 3. The van der Waals surface area contributed by atoms with Crippen LogP contribution in [0.25, 0.3) is 0 Å². The molecule has 1 amide bonds. The highest BCUT2D eigenvalue weighted by Crippen LogP contribution is 2.07. The molecule has 5 nitrogen and oxygen atoms in total. The summed E-state index contributed by atoms with van der Waals surface area (Å²) in [5, 5.41) is 14.4. The molecule has 0 rings (SSSR count). The number of nitrogens with zero attached hydrogens (tertiary/aromatic N) is 1. The molecule has 0 saturated heterocycles. The molecule has 0 spiro atoms. The number of nitrogens with one attached hydrogen (secondary N) is 1. The number of unbranched alkanes of at least 4 members (excludes halogenated alkanes) is 2. The molecular weight excluding hydrogens is 250 g/mol. The highest BCUT2D eigenvalue weighted by Gasteiger charge is 2.21. The van der Waals surface area contributed by atoms with Gasteiger partial charge in [-0.2, -0.15) is 11.8 Å². The zero-order valence-corrected chi connectivity index (χ0v) is 12.1. The van der Waals surface area contributed by atoms with Crippen LogP contribution in [-0.4, -0.2) is 35.5 Å². The second-order valence-electron chi connectivity index (χ2n) is 4.21. The summed E-state index contributed by atoms with van der Waals surface area (Å²) in [7, 11) is 0. The van der Waals surface area contributed by atoms with E-state index in [0.29, 0.717) is 13.0 Å². The zero-order valence-electron chi connectivity index (χ0n) is 11.3. The molecule has 0 aromatic carbocycles. The topological polar surface area (TPSA) is 87.7 Å². The summed E-state index contributed by atoms with van der Waals surface area (Å²) in [5.41, 5.74) is 5.51. The summed E-state index contributed by atoms with van der Waals surface area (Å²) >= 11 is 1.84. The van der Waals surface area contributed by atoms with E-state index >= 15 is 0 Å². The van der Waals surface area contributed by atoms with Crippen LogP contribution in [0.2, 0.25) is 0 Å². The maximum Gasteiger partial charge on any atom is 0.230 e. The van der Waals surface area contributed by atoms with Crippen LogP contribution in [0.4, 0.5) is 0 Å². The molecule has 0 aromatic heterocycles. The van der Waals surface area contributed by atoms with Crippen LogP contribution in [-0.2, 0) is 4.79 Å². The van der Waals surface area contributed by atoms with Crippen molar-refractivity contribution in [1.29, 1.82) is 0 Å². The summed E-state index contributed by atoms with van der Waals surface area (Å²) in [6.45, 7) is 2.62. The Morgan fingerprint density at radius 1 is 1.44 bits per heavy atom. The molecule has 6 heteroatoms. The number of hydrogen-bond acceptors (Lipinski definition) is 4. The lowest BCUT2D eigenvalue weighted by molar-refractivity contribution is -0.123. The molecule has 0 aliphatic rings. The number of carbonyl (C=O) groups excluding carboxylic acids is 1. The van der Waals surface area contributed by atoms with Gasteiger partial charge in [0.25, 0.3) is 0 Å². The first-order chi connectivity index (χ1) is 8.67. The first-order valence-electron chi connectivity index (χ1n) is 6.41. The Hall–Kier alpha value is -0.910. The first kappa shape index (κ1) is 17.1. The third-order valence-electron chi connectivity index (χ3n) is 2.69. The Morgan fingerprint density at radius 3 is 2.72 bits per heavy atom. The van der Waals surface area contributed by atoms with Crippen LogP contribution in [0.1, 0.15) is 39.0 Å². The van der Waals surface area contributed by atoms with E-state index in [0.717, 1.165) is 25.0 Å².